The number of carbonyl (C=O) groups excluding carboxylic acids is 1. The first-order valence-corrected chi connectivity index (χ1v) is 8.94. The lowest BCUT2D eigenvalue weighted by atomic mass is 10.1. The fourth-order valence-corrected chi connectivity index (χ4v) is 3.75. The summed E-state index contributed by atoms with van der Waals surface area (Å²) in [6.07, 6.45) is 4.65. The van der Waals surface area contributed by atoms with Gasteiger partial charge in [-0.2, -0.15) is 0 Å². The molecular formula is C17H22N4O2S. The van der Waals surface area contributed by atoms with Crippen LogP contribution in [-0.4, -0.2) is 42.0 Å². The van der Waals surface area contributed by atoms with E-state index < -0.39 is 0 Å². The van der Waals surface area contributed by atoms with E-state index in [1.807, 2.05) is 22.4 Å². The number of methoxy groups -OCH3 is 1. The van der Waals surface area contributed by atoms with Crippen molar-refractivity contribution in [2.24, 2.45) is 0 Å². The summed E-state index contributed by atoms with van der Waals surface area (Å²) in [7, 11) is 1.60. The highest BCUT2D eigenvalue weighted by molar-refractivity contribution is 7.12. The second kappa shape index (κ2) is 7.53. The second-order valence-corrected chi connectivity index (χ2v) is 6.77. The number of thiophene rings is 1. The number of nitrogens with one attached hydrogen (secondary N) is 1. The highest BCUT2D eigenvalue weighted by Crippen LogP contribution is 2.27. The fraction of sp³-hybridized carbons (Fsp3) is 0.412. The van der Waals surface area contributed by atoms with Crippen molar-refractivity contribution in [1.82, 2.24) is 9.88 Å². The number of rotatable bonds is 4. The van der Waals surface area contributed by atoms with E-state index in [-0.39, 0.29) is 5.91 Å². The smallest absolute Gasteiger partial charge is 0.267 e. The molecule has 0 aromatic carbocycles. The molecule has 3 N–H and O–H groups in total. The van der Waals surface area contributed by atoms with Gasteiger partial charge in [0.05, 0.1) is 19.0 Å². The molecule has 0 spiro atoms. The summed E-state index contributed by atoms with van der Waals surface area (Å²) in [6, 6.07) is 5.90. The molecule has 1 aliphatic heterocycles. The maximum Gasteiger partial charge on any atom is 0.267 e. The molecule has 1 atom stereocenters. The van der Waals surface area contributed by atoms with E-state index in [4.69, 9.17) is 10.5 Å². The molecule has 0 bridgehead atoms. The van der Waals surface area contributed by atoms with Gasteiger partial charge in [0, 0.05) is 19.1 Å². The van der Waals surface area contributed by atoms with Gasteiger partial charge in [-0.25, -0.2) is 4.98 Å². The standard InChI is InChI=1S/C17H22N4O2S/c1-23-14-7-10-24-16(14)17(22)21-8-2-3-12(6-9-21)20-13-4-5-15(18)19-11-13/h4-5,7,10-12,20H,2-3,6,8-9H2,1H3,(H2,18,19)/t12-/m0/s1. The van der Waals surface area contributed by atoms with E-state index in [9.17, 15) is 4.79 Å². The number of likely N-dealkylation sites (tertiary alicyclic amines) is 1. The van der Waals surface area contributed by atoms with E-state index in [0.717, 1.165) is 38.0 Å². The quantitative estimate of drug-likeness (QED) is 0.890. The summed E-state index contributed by atoms with van der Waals surface area (Å²) in [5, 5.41) is 5.38. The number of carbonyl (C=O) groups is 1. The van der Waals surface area contributed by atoms with Gasteiger partial charge in [0.15, 0.2) is 0 Å². The van der Waals surface area contributed by atoms with Gasteiger partial charge in [-0.05, 0) is 42.8 Å². The van der Waals surface area contributed by atoms with Crippen LogP contribution < -0.4 is 15.8 Å². The van der Waals surface area contributed by atoms with Crippen molar-refractivity contribution in [3.63, 3.8) is 0 Å². The van der Waals surface area contributed by atoms with Crippen molar-refractivity contribution < 1.29 is 9.53 Å². The van der Waals surface area contributed by atoms with Crippen LogP contribution in [0.4, 0.5) is 11.5 Å². The lowest BCUT2D eigenvalue weighted by Crippen LogP contribution is -2.32. The number of nitrogen functional groups attached to an aromatic ring is 1. The molecule has 0 aliphatic carbocycles. The zero-order valence-electron chi connectivity index (χ0n) is 13.7. The van der Waals surface area contributed by atoms with Crippen molar-refractivity contribution >= 4 is 28.7 Å². The molecule has 3 heterocycles. The van der Waals surface area contributed by atoms with Crippen LogP contribution in [-0.2, 0) is 0 Å². The van der Waals surface area contributed by atoms with Crippen molar-refractivity contribution in [1.29, 1.82) is 0 Å². The number of hydrogen-bond acceptors (Lipinski definition) is 6. The van der Waals surface area contributed by atoms with Crippen molar-refractivity contribution in [3.8, 4) is 5.75 Å². The first-order chi connectivity index (χ1) is 11.7. The van der Waals surface area contributed by atoms with Crippen LogP contribution in [0.25, 0.3) is 0 Å². The third kappa shape index (κ3) is 3.79. The van der Waals surface area contributed by atoms with Crippen LogP contribution in [0.3, 0.4) is 0 Å². The average molecular weight is 346 g/mol. The summed E-state index contributed by atoms with van der Waals surface area (Å²) >= 11 is 1.44. The SMILES string of the molecule is COc1ccsc1C(=O)N1CCC[C@H](Nc2ccc(N)nc2)CC1. The Morgan fingerprint density at radius 3 is 3.00 bits per heavy atom. The summed E-state index contributed by atoms with van der Waals surface area (Å²) in [5.74, 6) is 1.25. The highest BCUT2D eigenvalue weighted by Gasteiger charge is 2.24. The van der Waals surface area contributed by atoms with Gasteiger partial charge >= 0.3 is 0 Å². The molecule has 0 unspecified atom stereocenters. The van der Waals surface area contributed by atoms with E-state index in [1.165, 1.54) is 11.3 Å². The lowest BCUT2D eigenvalue weighted by molar-refractivity contribution is 0.0763. The molecule has 6 nitrogen and oxygen atoms in total. The molecule has 7 heteroatoms. The summed E-state index contributed by atoms with van der Waals surface area (Å²) in [5.41, 5.74) is 6.58. The Bertz CT molecular complexity index is 686. The second-order valence-electron chi connectivity index (χ2n) is 5.85. The van der Waals surface area contributed by atoms with Gasteiger partial charge < -0.3 is 20.7 Å². The summed E-state index contributed by atoms with van der Waals surface area (Å²) in [4.78, 5) is 19.4. The number of nitrogens with zero attached hydrogens (tertiary/aromatic N) is 2. The lowest BCUT2D eigenvalue weighted by Gasteiger charge is -2.21. The van der Waals surface area contributed by atoms with Crippen LogP contribution in [0, 0.1) is 0 Å². The Balaban J connectivity index is 1.60. The maximum absolute atomic E-state index is 12.7. The molecular weight excluding hydrogens is 324 g/mol. The Hall–Kier alpha value is -2.28. The van der Waals surface area contributed by atoms with E-state index in [1.54, 1.807) is 19.4 Å². The number of aromatic nitrogens is 1. The number of hydrogen-bond donors (Lipinski definition) is 2. The van der Waals surface area contributed by atoms with Crippen LogP contribution in [0.2, 0.25) is 0 Å². The molecule has 3 rings (SSSR count). The third-order valence-electron chi connectivity index (χ3n) is 4.22. The molecule has 0 radical (unpaired) electrons. The number of ether oxygens (including phenoxy) is 1. The first-order valence-electron chi connectivity index (χ1n) is 8.06. The minimum atomic E-state index is 0.0663. The van der Waals surface area contributed by atoms with Gasteiger partial charge in [0.1, 0.15) is 16.4 Å². The molecule has 1 fully saturated rings. The summed E-state index contributed by atoms with van der Waals surface area (Å²) in [6.45, 7) is 1.51. The molecule has 2 aromatic heterocycles. The summed E-state index contributed by atoms with van der Waals surface area (Å²) < 4.78 is 5.27. The number of amides is 1. The van der Waals surface area contributed by atoms with Crippen molar-refractivity contribution in [2.75, 3.05) is 31.2 Å². The molecule has 24 heavy (non-hydrogen) atoms. The topological polar surface area (TPSA) is 80.5 Å². The van der Waals surface area contributed by atoms with Gasteiger partial charge in [-0.15, -0.1) is 11.3 Å². The predicted octanol–water partition coefficient (Wildman–Crippen LogP) is 2.84. The largest absolute Gasteiger partial charge is 0.495 e. The van der Waals surface area contributed by atoms with Crippen molar-refractivity contribution in [2.45, 2.75) is 25.3 Å². The molecule has 1 saturated heterocycles. The van der Waals surface area contributed by atoms with Gasteiger partial charge in [-0.3, -0.25) is 4.79 Å². The maximum atomic E-state index is 12.7. The molecule has 1 aliphatic rings. The molecule has 2 aromatic rings. The first kappa shape index (κ1) is 16.6. The molecule has 0 saturated carbocycles. The van der Waals surface area contributed by atoms with Gasteiger partial charge in [0.2, 0.25) is 0 Å². The third-order valence-corrected chi connectivity index (χ3v) is 5.10. The highest BCUT2D eigenvalue weighted by atomic mass is 32.1. The van der Waals surface area contributed by atoms with Gasteiger partial charge in [0.25, 0.3) is 5.91 Å². The van der Waals surface area contributed by atoms with Crippen LogP contribution >= 0.6 is 11.3 Å². The van der Waals surface area contributed by atoms with Crippen LogP contribution in [0.5, 0.6) is 5.75 Å². The van der Waals surface area contributed by atoms with Crippen molar-refractivity contribution in [3.05, 3.63) is 34.7 Å². The van der Waals surface area contributed by atoms with E-state index in [2.05, 4.69) is 10.3 Å². The predicted molar refractivity (Wildman–Crippen MR) is 96.7 cm³/mol. The van der Waals surface area contributed by atoms with E-state index >= 15 is 0 Å². The monoisotopic (exact) mass is 346 g/mol. The Morgan fingerprint density at radius 1 is 1.38 bits per heavy atom. The normalized spacial score (nSPS) is 18.0. The molecule has 1 amide bonds. The Kier molecular flexibility index (Phi) is 5.20. The fourth-order valence-electron chi connectivity index (χ4n) is 2.93. The number of pyridine rings is 1. The molecule has 128 valence electrons. The van der Waals surface area contributed by atoms with Gasteiger partial charge in [-0.1, -0.05) is 0 Å². The zero-order chi connectivity index (χ0) is 16.9. The Labute approximate surface area is 145 Å². The average Bonchev–Trinajstić information content (AvgIpc) is 2.95. The minimum absolute atomic E-state index is 0.0663. The minimum Gasteiger partial charge on any atom is -0.495 e. The van der Waals surface area contributed by atoms with Crippen LogP contribution in [0.15, 0.2) is 29.8 Å². The van der Waals surface area contributed by atoms with E-state index in [0.29, 0.717) is 22.5 Å². The number of anilines is 2. The Morgan fingerprint density at radius 2 is 2.25 bits per heavy atom. The van der Waals surface area contributed by atoms with Crippen LogP contribution in [0.1, 0.15) is 28.9 Å². The zero-order valence-corrected chi connectivity index (χ0v) is 14.5. The number of nitrogens with two attached hydrogens (primary N) is 1.